The Hall–Kier alpha value is -2.49. The fourth-order valence-corrected chi connectivity index (χ4v) is 2.56. The van der Waals surface area contributed by atoms with Crippen molar-refractivity contribution in [3.05, 3.63) is 65.5 Å². The van der Waals surface area contributed by atoms with Gasteiger partial charge in [-0.3, -0.25) is 10.4 Å². The summed E-state index contributed by atoms with van der Waals surface area (Å²) in [6.07, 6.45) is 4.39. The molecular formula is C20H25N3O. The fraction of sp³-hybridized carbons (Fsp3) is 0.350. The third-order valence-electron chi connectivity index (χ3n) is 3.88. The molecule has 1 N–H and O–H groups in total. The lowest BCUT2D eigenvalue weighted by molar-refractivity contribution is 0.385. The molecule has 0 bridgehead atoms. The number of rotatable bonds is 5. The van der Waals surface area contributed by atoms with Crippen LogP contribution in [0.4, 0.5) is 0 Å². The van der Waals surface area contributed by atoms with Crippen molar-refractivity contribution >= 4 is 11.7 Å². The first-order valence-electron chi connectivity index (χ1n) is 8.21. The lowest BCUT2D eigenvalue weighted by atomic mass is 9.96. The standard InChI is InChI=1S/C20H25N3O/c1-14(2)13-16-5-7-17(8-6-16)15(3)20(24-4)23-19(21)18-9-11-22-12-10-18/h5-12,14-15,21H,13H2,1-4H3. The van der Waals surface area contributed by atoms with Crippen molar-refractivity contribution in [2.75, 3.05) is 7.11 Å². The predicted molar refractivity (Wildman–Crippen MR) is 98.9 cm³/mol. The van der Waals surface area contributed by atoms with Crippen LogP contribution in [-0.4, -0.2) is 23.8 Å². The molecule has 0 saturated carbocycles. The van der Waals surface area contributed by atoms with Crippen molar-refractivity contribution in [1.29, 1.82) is 5.41 Å². The number of methoxy groups -OCH3 is 1. The van der Waals surface area contributed by atoms with Gasteiger partial charge in [0.25, 0.3) is 0 Å². The van der Waals surface area contributed by atoms with Crippen molar-refractivity contribution in [1.82, 2.24) is 4.98 Å². The second-order valence-corrected chi connectivity index (χ2v) is 6.30. The summed E-state index contributed by atoms with van der Waals surface area (Å²) in [7, 11) is 1.60. The van der Waals surface area contributed by atoms with E-state index in [1.807, 2.05) is 6.92 Å². The van der Waals surface area contributed by atoms with Crippen molar-refractivity contribution < 1.29 is 4.74 Å². The predicted octanol–water partition coefficient (Wildman–Crippen LogP) is 4.45. The molecule has 0 aliphatic carbocycles. The molecule has 0 radical (unpaired) electrons. The highest BCUT2D eigenvalue weighted by molar-refractivity contribution is 6.04. The highest BCUT2D eigenvalue weighted by atomic mass is 16.5. The summed E-state index contributed by atoms with van der Waals surface area (Å²) in [6, 6.07) is 12.1. The molecule has 0 aliphatic rings. The van der Waals surface area contributed by atoms with Crippen molar-refractivity contribution in [2.45, 2.75) is 33.1 Å². The van der Waals surface area contributed by atoms with E-state index in [1.165, 1.54) is 5.56 Å². The first kappa shape index (κ1) is 17.9. The second-order valence-electron chi connectivity index (χ2n) is 6.30. The molecule has 1 aromatic carbocycles. The molecule has 1 unspecified atom stereocenters. The molecule has 126 valence electrons. The van der Waals surface area contributed by atoms with Gasteiger partial charge in [0.2, 0.25) is 0 Å². The molecule has 24 heavy (non-hydrogen) atoms. The molecule has 2 rings (SSSR count). The van der Waals surface area contributed by atoms with Gasteiger partial charge in [0.15, 0.2) is 11.7 Å². The van der Waals surface area contributed by atoms with Crippen LogP contribution in [0.15, 0.2) is 53.8 Å². The average Bonchev–Trinajstić information content (AvgIpc) is 2.60. The summed E-state index contributed by atoms with van der Waals surface area (Å²) in [5.41, 5.74) is 3.19. The zero-order chi connectivity index (χ0) is 17.5. The molecule has 1 aromatic heterocycles. The second kappa shape index (κ2) is 8.39. The third kappa shape index (κ3) is 4.75. The Morgan fingerprint density at radius 3 is 2.25 bits per heavy atom. The van der Waals surface area contributed by atoms with Crippen LogP contribution in [0, 0.1) is 11.3 Å². The van der Waals surface area contributed by atoms with E-state index in [0.717, 1.165) is 17.5 Å². The lowest BCUT2D eigenvalue weighted by Gasteiger charge is -2.15. The normalized spacial score (nSPS) is 13.0. The van der Waals surface area contributed by atoms with Gasteiger partial charge in [0.05, 0.1) is 13.0 Å². The van der Waals surface area contributed by atoms with E-state index in [9.17, 15) is 0 Å². The quantitative estimate of drug-likeness (QED) is 0.652. The van der Waals surface area contributed by atoms with Gasteiger partial charge in [-0.25, -0.2) is 0 Å². The molecule has 0 spiro atoms. The Morgan fingerprint density at radius 1 is 1.08 bits per heavy atom. The van der Waals surface area contributed by atoms with E-state index in [-0.39, 0.29) is 11.8 Å². The molecule has 2 aromatic rings. The van der Waals surface area contributed by atoms with Gasteiger partial charge in [0.1, 0.15) is 0 Å². The number of nitrogens with zero attached hydrogens (tertiary/aromatic N) is 2. The monoisotopic (exact) mass is 323 g/mol. The Kier molecular flexibility index (Phi) is 6.24. The largest absolute Gasteiger partial charge is 0.484 e. The van der Waals surface area contributed by atoms with E-state index in [1.54, 1.807) is 31.6 Å². The maximum absolute atomic E-state index is 8.14. The molecule has 4 nitrogen and oxygen atoms in total. The zero-order valence-electron chi connectivity index (χ0n) is 14.8. The third-order valence-corrected chi connectivity index (χ3v) is 3.88. The number of ether oxygens (including phenoxy) is 1. The van der Waals surface area contributed by atoms with Gasteiger partial charge in [0, 0.05) is 18.0 Å². The molecule has 1 atom stereocenters. The first-order valence-corrected chi connectivity index (χ1v) is 8.21. The SMILES string of the molecule is COC(=NC(=N)c1ccncc1)C(C)c1ccc(CC(C)C)cc1. The number of hydrogen-bond acceptors (Lipinski definition) is 3. The fourth-order valence-electron chi connectivity index (χ4n) is 2.56. The van der Waals surface area contributed by atoms with Crippen molar-refractivity contribution in [3.8, 4) is 0 Å². The molecule has 1 heterocycles. The van der Waals surface area contributed by atoms with Crippen LogP contribution in [0.3, 0.4) is 0 Å². The molecule has 4 heteroatoms. The molecule has 0 saturated heterocycles. The van der Waals surface area contributed by atoms with Gasteiger partial charge < -0.3 is 4.74 Å². The summed E-state index contributed by atoms with van der Waals surface area (Å²) in [6.45, 7) is 6.48. The Labute approximate surface area is 144 Å². The van der Waals surface area contributed by atoms with Crippen molar-refractivity contribution in [3.63, 3.8) is 0 Å². The summed E-state index contributed by atoms with van der Waals surface area (Å²) in [5, 5.41) is 8.14. The number of pyridine rings is 1. The van der Waals surface area contributed by atoms with Gasteiger partial charge in [-0.15, -0.1) is 0 Å². The maximum atomic E-state index is 8.14. The Bertz CT molecular complexity index is 691. The van der Waals surface area contributed by atoms with Crippen LogP contribution in [0.25, 0.3) is 0 Å². The smallest absolute Gasteiger partial charge is 0.197 e. The van der Waals surface area contributed by atoms with E-state index >= 15 is 0 Å². The maximum Gasteiger partial charge on any atom is 0.197 e. The van der Waals surface area contributed by atoms with Gasteiger partial charge in [-0.1, -0.05) is 38.1 Å². The van der Waals surface area contributed by atoms with E-state index in [4.69, 9.17) is 10.1 Å². The van der Waals surface area contributed by atoms with Crippen LogP contribution in [0.5, 0.6) is 0 Å². The van der Waals surface area contributed by atoms with Crippen LogP contribution in [0.2, 0.25) is 0 Å². The number of nitrogens with one attached hydrogen (secondary N) is 1. The molecular weight excluding hydrogens is 298 g/mol. The number of benzene rings is 1. The number of aromatic nitrogens is 1. The van der Waals surface area contributed by atoms with Crippen LogP contribution < -0.4 is 0 Å². The highest BCUT2D eigenvalue weighted by Crippen LogP contribution is 2.20. The number of amidine groups is 1. The number of aliphatic imine (C=N–C) groups is 1. The van der Waals surface area contributed by atoms with Gasteiger partial charge in [-0.05, 0) is 42.5 Å². The van der Waals surface area contributed by atoms with Crippen LogP contribution in [0.1, 0.15) is 43.4 Å². The topological polar surface area (TPSA) is 58.3 Å². The first-order chi connectivity index (χ1) is 11.5. The summed E-state index contributed by atoms with van der Waals surface area (Å²) in [5.74, 6) is 1.35. The zero-order valence-corrected chi connectivity index (χ0v) is 14.8. The van der Waals surface area contributed by atoms with E-state index in [2.05, 4.69) is 48.1 Å². The minimum absolute atomic E-state index is 0.00899. The lowest BCUT2D eigenvalue weighted by Crippen LogP contribution is -2.14. The van der Waals surface area contributed by atoms with Gasteiger partial charge >= 0.3 is 0 Å². The molecule has 0 aliphatic heterocycles. The summed E-state index contributed by atoms with van der Waals surface area (Å²) in [4.78, 5) is 8.32. The van der Waals surface area contributed by atoms with Gasteiger partial charge in [-0.2, -0.15) is 4.99 Å². The molecule has 0 amide bonds. The highest BCUT2D eigenvalue weighted by Gasteiger charge is 2.15. The van der Waals surface area contributed by atoms with Crippen LogP contribution in [-0.2, 0) is 11.2 Å². The summed E-state index contributed by atoms with van der Waals surface area (Å²) < 4.78 is 5.45. The minimum Gasteiger partial charge on any atom is -0.484 e. The van der Waals surface area contributed by atoms with Crippen molar-refractivity contribution in [2.24, 2.45) is 10.9 Å². The Balaban J connectivity index is 2.17. The van der Waals surface area contributed by atoms with Crippen LogP contribution >= 0.6 is 0 Å². The number of hydrogen-bond donors (Lipinski definition) is 1. The molecule has 0 fully saturated rings. The minimum atomic E-state index is -0.00899. The van der Waals surface area contributed by atoms with E-state index in [0.29, 0.717) is 11.8 Å². The Morgan fingerprint density at radius 2 is 1.71 bits per heavy atom. The summed E-state index contributed by atoms with van der Waals surface area (Å²) >= 11 is 0. The average molecular weight is 323 g/mol. The van der Waals surface area contributed by atoms with E-state index < -0.39 is 0 Å².